The van der Waals surface area contributed by atoms with Crippen LogP contribution < -0.4 is 10.0 Å². The van der Waals surface area contributed by atoms with Crippen molar-refractivity contribution in [1.82, 2.24) is 9.71 Å². The van der Waals surface area contributed by atoms with Crippen LogP contribution in [0.3, 0.4) is 0 Å². The van der Waals surface area contributed by atoms with E-state index in [2.05, 4.69) is 16.6 Å². The standard InChI is InChI=1S/C26H23N3O3S2/c1-2-17-27-34(31,32)18-19-13-15-22(16-14-19)28-25(30)24-23(20-9-5-3-6-10-20)29-26(33-24)21-11-7-4-8-12-21/h2-16,27H,1,17-18H2,(H,28,30). The third-order valence-electron chi connectivity index (χ3n) is 4.92. The summed E-state index contributed by atoms with van der Waals surface area (Å²) in [5.74, 6) is -0.422. The average Bonchev–Trinajstić information content (AvgIpc) is 3.31. The molecule has 0 bridgehead atoms. The van der Waals surface area contributed by atoms with Crippen molar-refractivity contribution in [3.8, 4) is 21.8 Å². The van der Waals surface area contributed by atoms with E-state index in [0.717, 1.165) is 16.1 Å². The number of carbonyl (C=O) groups excluding carboxylic acids is 1. The Hall–Kier alpha value is -3.59. The van der Waals surface area contributed by atoms with Gasteiger partial charge >= 0.3 is 0 Å². The Morgan fingerprint density at radius 3 is 2.15 bits per heavy atom. The molecule has 0 fully saturated rings. The quantitative estimate of drug-likeness (QED) is 0.311. The molecule has 0 saturated heterocycles. The maximum Gasteiger partial charge on any atom is 0.268 e. The summed E-state index contributed by atoms with van der Waals surface area (Å²) >= 11 is 1.33. The Kier molecular flexibility index (Phi) is 7.32. The Bertz CT molecular complexity index is 1380. The fourth-order valence-electron chi connectivity index (χ4n) is 3.30. The van der Waals surface area contributed by atoms with Gasteiger partial charge in [-0.05, 0) is 17.7 Å². The molecule has 0 aliphatic heterocycles. The Labute approximate surface area is 203 Å². The lowest BCUT2D eigenvalue weighted by Gasteiger charge is -2.08. The zero-order valence-electron chi connectivity index (χ0n) is 18.3. The van der Waals surface area contributed by atoms with Gasteiger partial charge in [-0.1, -0.05) is 78.9 Å². The Balaban J connectivity index is 1.57. The molecule has 2 N–H and O–H groups in total. The van der Waals surface area contributed by atoms with Gasteiger partial charge in [-0.25, -0.2) is 18.1 Å². The summed E-state index contributed by atoms with van der Waals surface area (Å²) in [5.41, 5.74) is 3.61. The van der Waals surface area contributed by atoms with E-state index in [9.17, 15) is 13.2 Å². The number of aromatic nitrogens is 1. The zero-order chi connectivity index (χ0) is 24.0. The first-order chi connectivity index (χ1) is 16.4. The van der Waals surface area contributed by atoms with Gasteiger partial charge in [0.2, 0.25) is 10.0 Å². The summed E-state index contributed by atoms with van der Waals surface area (Å²) in [7, 11) is -3.45. The van der Waals surface area contributed by atoms with E-state index in [1.54, 1.807) is 24.3 Å². The number of nitrogens with one attached hydrogen (secondary N) is 2. The summed E-state index contributed by atoms with van der Waals surface area (Å²) < 4.78 is 26.6. The number of hydrogen-bond acceptors (Lipinski definition) is 5. The van der Waals surface area contributed by atoms with Gasteiger partial charge in [0, 0.05) is 23.4 Å². The van der Waals surface area contributed by atoms with E-state index in [1.165, 1.54) is 17.4 Å². The smallest absolute Gasteiger partial charge is 0.268 e. The second-order valence-corrected chi connectivity index (χ2v) is 10.3. The van der Waals surface area contributed by atoms with Crippen LogP contribution in [0, 0.1) is 0 Å². The van der Waals surface area contributed by atoms with Gasteiger partial charge in [0.1, 0.15) is 9.88 Å². The van der Waals surface area contributed by atoms with Crippen LogP contribution in [0.25, 0.3) is 21.8 Å². The minimum Gasteiger partial charge on any atom is -0.321 e. The van der Waals surface area contributed by atoms with Crippen LogP contribution in [0.1, 0.15) is 15.2 Å². The Morgan fingerprint density at radius 1 is 0.912 bits per heavy atom. The third-order valence-corrected chi connectivity index (χ3v) is 7.34. The number of nitrogens with zero attached hydrogens (tertiary/aromatic N) is 1. The number of anilines is 1. The maximum atomic E-state index is 13.2. The zero-order valence-corrected chi connectivity index (χ0v) is 19.9. The van der Waals surface area contributed by atoms with Crippen molar-refractivity contribution in [1.29, 1.82) is 0 Å². The van der Waals surface area contributed by atoms with Crippen molar-refractivity contribution in [3.63, 3.8) is 0 Å². The minimum absolute atomic E-state index is 0.150. The molecule has 6 nitrogen and oxygen atoms in total. The van der Waals surface area contributed by atoms with E-state index in [-0.39, 0.29) is 18.2 Å². The predicted octanol–water partition coefficient (Wildman–Crippen LogP) is 5.33. The number of sulfonamides is 1. The molecule has 0 atom stereocenters. The van der Waals surface area contributed by atoms with Crippen LogP contribution in [-0.2, 0) is 15.8 Å². The van der Waals surface area contributed by atoms with Crippen LogP contribution >= 0.6 is 11.3 Å². The first-order valence-corrected chi connectivity index (χ1v) is 13.0. The van der Waals surface area contributed by atoms with Crippen LogP contribution in [0.4, 0.5) is 5.69 Å². The number of benzene rings is 3. The van der Waals surface area contributed by atoms with Gasteiger partial charge in [-0.15, -0.1) is 17.9 Å². The number of hydrogen-bond donors (Lipinski definition) is 2. The summed E-state index contributed by atoms with van der Waals surface area (Å²) in [6, 6.07) is 26.1. The maximum absolute atomic E-state index is 13.2. The van der Waals surface area contributed by atoms with Crippen molar-refractivity contribution >= 4 is 33.0 Å². The molecule has 1 aromatic heterocycles. The highest BCUT2D eigenvalue weighted by Crippen LogP contribution is 2.34. The van der Waals surface area contributed by atoms with Crippen LogP contribution in [0.15, 0.2) is 97.6 Å². The first-order valence-electron chi connectivity index (χ1n) is 10.6. The molecule has 3 aromatic carbocycles. The van der Waals surface area contributed by atoms with Crippen molar-refractivity contribution < 1.29 is 13.2 Å². The van der Waals surface area contributed by atoms with Crippen LogP contribution in [-0.4, -0.2) is 25.9 Å². The van der Waals surface area contributed by atoms with Gasteiger partial charge < -0.3 is 5.32 Å². The molecule has 0 saturated carbocycles. The van der Waals surface area contributed by atoms with Crippen LogP contribution in [0.5, 0.6) is 0 Å². The molecular weight excluding hydrogens is 466 g/mol. The normalized spacial score (nSPS) is 11.2. The molecule has 172 valence electrons. The summed E-state index contributed by atoms with van der Waals surface area (Å²) in [6.45, 7) is 3.69. The topological polar surface area (TPSA) is 88.2 Å². The van der Waals surface area contributed by atoms with Crippen molar-refractivity contribution in [2.45, 2.75) is 5.75 Å². The summed E-state index contributed by atoms with van der Waals surface area (Å²) in [5, 5.41) is 3.67. The molecule has 8 heteroatoms. The highest BCUT2D eigenvalue weighted by molar-refractivity contribution is 7.88. The lowest BCUT2D eigenvalue weighted by atomic mass is 10.1. The number of thiazole rings is 1. The Morgan fingerprint density at radius 2 is 1.53 bits per heavy atom. The number of amides is 1. The molecule has 0 radical (unpaired) electrons. The van der Waals surface area contributed by atoms with Gasteiger partial charge in [0.25, 0.3) is 5.91 Å². The second-order valence-electron chi connectivity index (χ2n) is 7.48. The molecule has 0 unspecified atom stereocenters. The molecule has 0 spiro atoms. The highest BCUT2D eigenvalue weighted by atomic mass is 32.2. The fraction of sp³-hybridized carbons (Fsp3) is 0.0769. The van der Waals surface area contributed by atoms with E-state index in [0.29, 0.717) is 21.8 Å². The van der Waals surface area contributed by atoms with E-state index < -0.39 is 10.0 Å². The van der Waals surface area contributed by atoms with E-state index in [4.69, 9.17) is 4.98 Å². The van der Waals surface area contributed by atoms with Crippen molar-refractivity contribution in [3.05, 3.63) is 108 Å². The van der Waals surface area contributed by atoms with Crippen molar-refractivity contribution in [2.24, 2.45) is 0 Å². The largest absolute Gasteiger partial charge is 0.321 e. The number of carbonyl (C=O) groups is 1. The molecule has 4 aromatic rings. The van der Waals surface area contributed by atoms with Crippen molar-refractivity contribution in [2.75, 3.05) is 11.9 Å². The van der Waals surface area contributed by atoms with Gasteiger partial charge in [0.05, 0.1) is 11.4 Å². The van der Waals surface area contributed by atoms with E-state index >= 15 is 0 Å². The molecule has 34 heavy (non-hydrogen) atoms. The number of rotatable bonds is 9. The first kappa shape index (κ1) is 23.6. The SMILES string of the molecule is C=CCNS(=O)(=O)Cc1ccc(NC(=O)c2sc(-c3ccccc3)nc2-c2ccccc2)cc1. The highest BCUT2D eigenvalue weighted by Gasteiger charge is 2.20. The molecule has 1 amide bonds. The summed E-state index contributed by atoms with van der Waals surface area (Å²) in [6.07, 6.45) is 1.49. The summed E-state index contributed by atoms with van der Waals surface area (Å²) in [4.78, 5) is 18.5. The van der Waals surface area contributed by atoms with Gasteiger partial charge in [0.15, 0.2) is 0 Å². The average molecular weight is 490 g/mol. The van der Waals surface area contributed by atoms with Gasteiger partial charge in [-0.2, -0.15) is 0 Å². The monoisotopic (exact) mass is 489 g/mol. The fourth-order valence-corrected chi connectivity index (χ4v) is 5.39. The van der Waals surface area contributed by atoms with Crippen LogP contribution in [0.2, 0.25) is 0 Å². The molecule has 4 rings (SSSR count). The second kappa shape index (κ2) is 10.6. The molecular formula is C26H23N3O3S2. The molecule has 1 heterocycles. The molecule has 0 aliphatic rings. The van der Waals surface area contributed by atoms with E-state index in [1.807, 2.05) is 60.7 Å². The minimum atomic E-state index is -3.45. The lowest BCUT2D eigenvalue weighted by Crippen LogP contribution is -2.25. The van der Waals surface area contributed by atoms with Gasteiger partial charge in [-0.3, -0.25) is 4.79 Å². The lowest BCUT2D eigenvalue weighted by molar-refractivity contribution is 0.103. The molecule has 0 aliphatic carbocycles. The third kappa shape index (κ3) is 5.85. The predicted molar refractivity (Wildman–Crippen MR) is 138 cm³/mol.